The fraction of sp³-hybridized carbons (Fsp3) is 0.273. The number of rotatable bonds is 5. The lowest BCUT2D eigenvalue weighted by molar-refractivity contribution is -0.141. The predicted molar refractivity (Wildman–Crippen MR) is 69.9 cm³/mol. The van der Waals surface area contributed by atoms with E-state index >= 15 is 0 Å². The van der Waals surface area contributed by atoms with E-state index in [2.05, 4.69) is 21.2 Å². The molecule has 0 radical (unpaired) electrons. The molecule has 2 N–H and O–H groups in total. The number of carbonyl (C=O) groups is 2. The molecule has 0 aliphatic carbocycles. The second kappa shape index (κ2) is 6.61. The minimum absolute atomic E-state index is 0.266. The van der Waals surface area contributed by atoms with Gasteiger partial charge >= 0.3 is 5.97 Å². The van der Waals surface area contributed by atoms with Crippen molar-refractivity contribution in [2.24, 2.45) is 0 Å². The Bertz CT molecular complexity index is 466. The molecule has 5 nitrogen and oxygen atoms in total. The number of halogens is 2. The first-order valence-corrected chi connectivity index (χ1v) is 6.17. The lowest BCUT2D eigenvalue weighted by Gasteiger charge is -2.11. The van der Waals surface area contributed by atoms with Crippen LogP contribution in [0, 0.1) is 0 Å². The first-order valence-electron chi connectivity index (χ1n) is 5.00. The Morgan fingerprint density at radius 3 is 2.78 bits per heavy atom. The monoisotopic (exact) mass is 335 g/mol. The predicted octanol–water partition coefficient (Wildman–Crippen LogP) is 2.07. The Morgan fingerprint density at radius 1 is 1.56 bits per heavy atom. The van der Waals surface area contributed by atoms with Crippen LogP contribution in [-0.2, 0) is 9.59 Å². The molecule has 1 atom stereocenters. The fourth-order valence-electron chi connectivity index (χ4n) is 1.08. The minimum Gasteiger partial charge on any atom is -0.483 e. The summed E-state index contributed by atoms with van der Waals surface area (Å²) >= 11 is 8.99. The normalized spacial score (nSPS) is 11.7. The lowest BCUT2D eigenvalue weighted by Crippen LogP contribution is -2.40. The Balaban J connectivity index is 2.50. The van der Waals surface area contributed by atoms with Gasteiger partial charge in [0.2, 0.25) is 0 Å². The average molecular weight is 337 g/mol. The van der Waals surface area contributed by atoms with Crippen LogP contribution in [0.5, 0.6) is 5.75 Å². The van der Waals surface area contributed by atoms with Crippen molar-refractivity contribution in [3.8, 4) is 5.75 Å². The molecule has 0 aliphatic heterocycles. The quantitative estimate of drug-likeness (QED) is 0.863. The summed E-state index contributed by atoms with van der Waals surface area (Å²) in [6.45, 7) is 1.11. The SMILES string of the molecule is CC(NC(=O)COc1ccc(Cl)cc1Br)C(=O)O. The van der Waals surface area contributed by atoms with E-state index in [4.69, 9.17) is 21.4 Å². The van der Waals surface area contributed by atoms with Crippen molar-refractivity contribution < 1.29 is 19.4 Å². The van der Waals surface area contributed by atoms with E-state index in [1.54, 1.807) is 18.2 Å². The second-order valence-corrected chi connectivity index (χ2v) is 4.78. The smallest absolute Gasteiger partial charge is 0.325 e. The molecule has 1 aromatic rings. The molecule has 1 amide bonds. The van der Waals surface area contributed by atoms with Gasteiger partial charge in [0.25, 0.3) is 5.91 Å². The molecule has 0 aliphatic rings. The Kier molecular flexibility index (Phi) is 5.43. The van der Waals surface area contributed by atoms with Crippen molar-refractivity contribution in [2.75, 3.05) is 6.61 Å². The molecule has 1 aromatic carbocycles. The molecule has 0 fully saturated rings. The number of benzene rings is 1. The number of hydrogen-bond donors (Lipinski definition) is 2. The zero-order valence-electron chi connectivity index (χ0n) is 9.44. The van der Waals surface area contributed by atoms with E-state index in [1.807, 2.05) is 0 Å². The number of carboxylic acids is 1. The van der Waals surface area contributed by atoms with E-state index in [-0.39, 0.29) is 6.61 Å². The highest BCUT2D eigenvalue weighted by molar-refractivity contribution is 9.10. The van der Waals surface area contributed by atoms with Gasteiger partial charge in [-0.05, 0) is 41.1 Å². The third-order valence-corrected chi connectivity index (χ3v) is 2.86. The summed E-state index contributed by atoms with van der Waals surface area (Å²) < 4.78 is 5.84. The third kappa shape index (κ3) is 4.54. The van der Waals surface area contributed by atoms with E-state index < -0.39 is 17.9 Å². The van der Waals surface area contributed by atoms with Crippen LogP contribution < -0.4 is 10.1 Å². The van der Waals surface area contributed by atoms with Gasteiger partial charge in [0.15, 0.2) is 6.61 Å². The molecule has 0 aromatic heterocycles. The number of carboxylic acid groups (broad SMARTS) is 1. The Hall–Kier alpha value is -1.27. The van der Waals surface area contributed by atoms with Crippen LogP contribution >= 0.6 is 27.5 Å². The molecule has 1 rings (SSSR count). The molecule has 0 saturated heterocycles. The molecule has 0 spiro atoms. The Labute approximate surface area is 117 Å². The number of amides is 1. The molecular weight excluding hydrogens is 325 g/mol. The number of aliphatic carboxylic acids is 1. The maximum atomic E-state index is 11.4. The van der Waals surface area contributed by atoms with E-state index in [1.165, 1.54) is 6.92 Å². The van der Waals surface area contributed by atoms with Crippen LogP contribution in [0.15, 0.2) is 22.7 Å². The van der Waals surface area contributed by atoms with Crippen molar-refractivity contribution in [1.29, 1.82) is 0 Å². The molecule has 0 bridgehead atoms. The Morgan fingerprint density at radius 2 is 2.22 bits per heavy atom. The lowest BCUT2D eigenvalue weighted by atomic mass is 10.3. The maximum Gasteiger partial charge on any atom is 0.325 e. The molecule has 0 saturated carbocycles. The van der Waals surface area contributed by atoms with Gasteiger partial charge < -0.3 is 15.2 Å². The molecule has 0 heterocycles. The van der Waals surface area contributed by atoms with Gasteiger partial charge in [-0.15, -0.1) is 0 Å². The van der Waals surface area contributed by atoms with Gasteiger partial charge in [0.1, 0.15) is 11.8 Å². The molecule has 18 heavy (non-hydrogen) atoms. The third-order valence-electron chi connectivity index (χ3n) is 2.00. The van der Waals surface area contributed by atoms with Gasteiger partial charge in [0, 0.05) is 5.02 Å². The summed E-state index contributed by atoms with van der Waals surface area (Å²) in [6, 6.07) is 3.92. The molecule has 98 valence electrons. The first-order chi connectivity index (χ1) is 8.40. The molecule has 1 unspecified atom stereocenters. The highest BCUT2D eigenvalue weighted by atomic mass is 79.9. The van der Waals surface area contributed by atoms with E-state index in [0.717, 1.165) is 0 Å². The van der Waals surface area contributed by atoms with Gasteiger partial charge in [-0.1, -0.05) is 11.6 Å². The summed E-state index contributed by atoms with van der Waals surface area (Å²) in [5.41, 5.74) is 0. The summed E-state index contributed by atoms with van der Waals surface area (Å²) in [4.78, 5) is 21.9. The summed E-state index contributed by atoms with van der Waals surface area (Å²) in [5.74, 6) is -1.15. The zero-order valence-corrected chi connectivity index (χ0v) is 11.8. The number of hydrogen-bond acceptors (Lipinski definition) is 3. The maximum absolute atomic E-state index is 11.4. The van der Waals surface area contributed by atoms with Crippen LogP contribution in [-0.4, -0.2) is 29.6 Å². The van der Waals surface area contributed by atoms with Gasteiger partial charge in [-0.3, -0.25) is 9.59 Å². The average Bonchev–Trinajstić information content (AvgIpc) is 2.27. The number of nitrogens with one attached hydrogen (secondary N) is 1. The van der Waals surface area contributed by atoms with Crippen LogP contribution in [0.4, 0.5) is 0 Å². The van der Waals surface area contributed by atoms with Gasteiger partial charge in [-0.2, -0.15) is 0 Å². The molecular formula is C11H11BrClNO4. The standard InChI is InChI=1S/C11H11BrClNO4/c1-6(11(16)17)14-10(15)5-18-9-3-2-7(13)4-8(9)12/h2-4,6H,5H2,1H3,(H,14,15)(H,16,17). The van der Waals surface area contributed by atoms with Crippen LogP contribution in [0.1, 0.15) is 6.92 Å². The largest absolute Gasteiger partial charge is 0.483 e. The fourth-order valence-corrected chi connectivity index (χ4v) is 1.88. The van der Waals surface area contributed by atoms with Crippen LogP contribution in [0.2, 0.25) is 5.02 Å². The van der Waals surface area contributed by atoms with Crippen molar-refractivity contribution in [2.45, 2.75) is 13.0 Å². The van der Waals surface area contributed by atoms with Crippen LogP contribution in [0.25, 0.3) is 0 Å². The molecule has 7 heteroatoms. The topological polar surface area (TPSA) is 75.6 Å². The number of carbonyl (C=O) groups excluding carboxylic acids is 1. The highest BCUT2D eigenvalue weighted by Gasteiger charge is 2.14. The van der Waals surface area contributed by atoms with Gasteiger partial charge in [0.05, 0.1) is 4.47 Å². The highest BCUT2D eigenvalue weighted by Crippen LogP contribution is 2.27. The number of ether oxygens (including phenoxy) is 1. The van der Waals surface area contributed by atoms with E-state index in [0.29, 0.717) is 15.2 Å². The summed E-state index contributed by atoms with van der Waals surface area (Å²) in [7, 11) is 0. The van der Waals surface area contributed by atoms with Gasteiger partial charge in [-0.25, -0.2) is 0 Å². The minimum atomic E-state index is -1.10. The van der Waals surface area contributed by atoms with Crippen molar-refractivity contribution >= 4 is 39.4 Å². The van der Waals surface area contributed by atoms with Crippen molar-refractivity contribution in [3.05, 3.63) is 27.7 Å². The van der Waals surface area contributed by atoms with Crippen molar-refractivity contribution in [3.63, 3.8) is 0 Å². The van der Waals surface area contributed by atoms with Crippen molar-refractivity contribution in [1.82, 2.24) is 5.32 Å². The second-order valence-electron chi connectivity index (χ2n) is 3.49. The van der Waals surface area contributed by atoms with Crippen LogP contribution in [0.3, 0.4) is 0 Å². The van der Waals surface area contributed by atoms with E-state index in [9.17, 15) is 9.59 Å². The summed E-state index contributed by atoms with van der Waals surface area (Å²) in [6.07, 6.45) is 0. The first kappa shape index (κ1) is 14.8. The summed E-state index contributed by atoms with van der Waals surface area (Å²) in [5, 5.41) is 11.4. The zero-order chi connectivity index (χ0) is 13.7.